The van der Waals surface area contributed by atoms with E-state index in [1.165, 1.54) is 0 Å². The highest BCUT2D eigenvalue weighted by atomic mass is 19.2. The maximum Gasteiger partial charge on any atom is 0.166 e. The number of aliphatic hydroxyl groups excluding tert-OH is 1. The molecule has 1 N–H and O–H groups in total. The van der Waals surface area contributed by atoms with E-state index < -0.39 is 23.3 Å². The van der Waals surface area contributed by atoms with E-state index >= 15 is 0 Å². The molecule has 2 saturated carbocycles. The van der Waals surface area contributed by atoms with Crippen LogP contribution < -0.4 is 0 Å². The van der Waals surface area contributed by atoms with Crippen LogP contribution in [0.5, 0.6) is 0 Å². The lowest BCUT2D eigenvalue weighted by molar-refractivity contribution is 0.0963. The van der Waals surface area contributed by atoms with Gasteiger partial charge in [0.15, 0.2) is 23.3 Å². The van der Waals surface area contributed by atoms with Crippen LogP contribution in [0.25, 0.3) is 6.08 Å². The van der Waals surface area contributed by atoms with Crippen LogP contribution in [0.1, 0.15) is 98.5 Å². The number of rotatable bonds is 6. The van der Waals surface area contributed by atoms with Crippen molar-refractivity contribution in [2.45, 2.75) is 82.3 Å². The van der Waals surface area contributed by atoms with Gasteiger partial charge in [-0.15, -0.1) is 0 Å². The van der Waals surface area contributed by atoms with Crippen molar-refractivity contribution in [3.8, 4) is 0 Å². The molecule has 36 heavy (non-hydrogen) atoms. The molecule has 2 atom stereocenters. The number of benzene rings is 2. The second-order valence-corrected chi connectivity index (χ2v) is 10.9. The fourth-order valence-corrected chi connectivity index (χ4v) is 6.17. The van der Waals surface area contributed by atoms with Gasteiger partial charge < -0.3 is 9.84 Å². The topological polar surface area (TPSA) is 32.8 Å². The van der Waals surface area contributed by atoms with Crippen LogP contribution in [-0.2, 0) is 4.74 Å². The molecule has 1 aliphatic heterocycles. The van der Waals surface area contributed by atoms with Gasteiger partial charge in [0, 0.05) is 11.1 Å². The average Bonchev–Trinajstić information content (AvgIpc) is 3.72. The van der Waals surface area contributed by atoms with E-state index in [2.05, 4.69) is 0 Å². The van der Waals surface area contributed by atoms with E-state index in [0.29, 0.717) is 23.3 Å². The number of ether oxygens (including phenoxy) is 1. The number of epoxide rings is 1. The third kappa shape index (κ3) is 5.26. The summed E-state index contributed by atoms with van der Waals surface area (Å²) in [5.41, 5.74) is 1.39. The molecule has 1 heterocycles. The van der Waals surface area contributed by atoms with Crippen LogP contribution in [0.4, 0.5) is 17.6 Å². The molecule has 5 rings (SSSR count). The van der Waals surface area contributed by atoms with E-state index in [9.17, 15) is 22.7 Å². The molecule has 0 amide bonds. The Morgan fingerprint density at radius 3 is 1.83 bits per heavy atom. The number of halogens is 4. The monoisotopic (exact) mass is 502 g/mol. The molecular formula is C30H34F4O2. The SMILES string of the molecule is CC(O)C1CCC(c2ccc(/C=C/C3CCC(c4ccc(C5CO5)c(F)c4F)CC3)c(F)c2F)CC1. The minimum Gasteiger partial charge on any atom is -0.393 e. The zero-order chi connectivity index (χ0) is 25.4. The van der Waals surface area contributed by atoms with Crippen LogP contribution >= 0.6 is 0 Å². The first-order chi connectivity index (χ1) is 17.3. The molecule has 0 radical (unpaired) electrons. The standard InChI is InChI=1S/C30H34F4O2/c1-17(35)19-8-10-21(11-9-19)23-13-12-22(27(31)28(23)32)7-4-18-2-5-20(6-3-18)24-14-15-25(26-16-36-26)30(34)29(24)33/h4,7,12-15,17-21,26,35H,2-3,5-6,8-11,16H2,1H3/b7-4+. The summed E-state index contributed by atoms with van der Waals surface area (Å²) in [6, 6.07) is 6.68. The highest BCUT2D eigenvalue weighted by Crippen LogP contribution is 2.41. The molecule has 6 heteroatoms. The van der Waals surface area contributed by atoms with Crippen molar-refractivity contribution < 1.29 is 27.4 Å². The second kappa shape index (κ2) is 10.7. The molecule has 0 bridgehead atoms. The largest absolute Gasteiger partial charge is 0.393 e. The minimum absolute atomic E-state index is 0.0149. The van der Waals surface area contributed by atoms with Gasteiger partial charge in [-0.05, 0) is 93.1 Å². The van der Waals surface area contributed by atoms with Crippen molar-refractivity contribution in [1.29, 1.82) is 0 Å². The van der Waals surface area contributed by atoms with Crippen molar-refractivity contribution in [3.63, 3.8) is 0 Å². The average molecular weight is 503 g/mol. The fourth-order valence-electron chi connectivity index (χ4n) is 6.17. The third-order valence-corrected chi connectivity index (χ3v) is 8.62. The van der Waals surface area contributed by atoms with Crippen molar-refractivity contribution in [3.05, 3.63) is 75.9 Å². The summed E-state index contributed by atoms with van der Waals surface area (Å²) in [6.45, 7) is 2.23. The zero-order valence-corrected chi connectivity index (χ0v) is 20.7. The fraction of sp³-hybridized carbons (Fsp3) is 0.533. The van der Waals surface area contributed by atoms with E-state index in [1.54, 1.807) is 37.3 Å². The Morgan fingerprint density at radius 1 is 0.750 bits per heavy atom. The summed E-state index contributed by atoms with van der Waals surface area (Å²) in [4.78, 5) is 0. The number of aliphatic hydroxyl groups is 1. The third-order valence-electron chi connectivity index (χ3n) is 8.62. The summed E-state index contributed by atoms with van der Waals surface area (Å²) in [7, 11) is 0. The maximum absolute atomic E-state index is 14.9. The summed E-state index contributed by atoms with van der Waals surface area (Å²) >= 11 is 0. The van der Waals surface area contributed by atoms with Gasteiger partial charge >= 0.3 is 0 Å². The Labute approximate surface area is 210 Å². The lowest BCUT2D eigenvalue weighted by atomic mass is 9.76. The lowest BCUT2D eigenvalue weighted by Gasteiger charge is -2.30. The first-order valence-electron chi connectivity index (χ1n) is 13.3. The molecule has 2 aromatic rings. The van der Waals surface area contributed by atoms with Gasteiger partial charge in [0.05, 0.1) is 12.7 Å². The summed E-state index contributed by atoms with van der Waals surface area (Å²) in [5.74, 6) is -2.78. The van der Waals surface area contributed by atoms with E-state index in [0.717, 1.165) is 51.4 Å². The smallest absolute Gasteiger partial charge is 0.166 e. The van der Waals surface area contributed by atoms with Gasteiger partial charge in [0.2, 0.25) is 0 Å². The van der Waals surface area contributed by atoms with Crippen LogP contribution in [0, 0.1) is 35.1 Å². The maximum atomic E-state index is 14.9. The quantitative estimate of drug-likeness (QED) is 0.321. The van der Waals surface area contributed by atoms with Crippen LogP contribution in [0.2, 0.25) is 0 Å². The lowest BCUT2D eigenvalue weighted by Crippen LogP contribution is -2.23. The van der Waals surface area contributed by atoms with E-state index in [4.69, 9.17) is 4.74 Å². The minimum atomic E-state index is -0.813. The Hall–Kier alpha value is -2.18. The van der Waals surface area contributed by atoms with E-state index in [1.807, 2.05) is 6.08 Å². The molecule has 2 aromatic carbocycles. The molecule has 2 nitrogen and oxygen atoms in total. The first kappa shape index (κ1) is 25.5. The molecule has 2 unspecified atom stereocenters. The van der Waals surface area contributed by atoms with Crippen molar-refractivity contribution in [2.24, 2.45) is 11.8 Å². The first-order valence-corrected chi connectivity index (χ1v) is 13.3. The zero-order valence-electron chi connectivity index (χ0n) is 20.7. The molecule has 3 aliphatic rings. The highest BCUT2D eigenvalue weighted by Gasteiger charge is 2.32. The van der Waals surface area contributed by atoms with Gasteiger partial charge in [-0.25, -0.2) is 17.6 Å². The van der Waals surface area contributed by atoms with Crippen molar-refractivity contribution >= 4 is 6.08 Å². The van der Waals surface area contributed by atoms with Crippen LogP contribution in [0.15, 0.2) is 30.3 Å². The summed E-state index contributed by atoms with van der Waals surface area (Å²) in [5, 5.41) is 9.78. The van der Waals surface area contributed by atoms with Gasteiger partial charge in [0.25, 0.3) is 0 Å². The Kier molecular flexibility index (Phi) is 7.55. The summed E-state index contributed by atoms with van der Waals surface area (Å²) < 4.78 is 64.0. The van der Waals surface area contributed by atoms with E-state index in [-0.39, 0.29) is 41.4 Å². The number of hydrogen-bond acceptors (Lipinski definition) is 2. The van der Waals surface area contributed by atoms with Gasteiger partial charge in [-0.1, -0.05) is 36.4 Å². The Morgan fingerprint density at radius 2 is 1.25 bits per heavy atom. The highest BCUT2D eigenvalue weighted by molar-refractivity contribution is 5.52. The number of allylic oxidation sites excluding steroid dienone is 1. The molecule has 194 valence electrons. The van der Waals surface area contributed by atoms with Gasteiger partial charge in [-0.3, -0.25) is 0 Å². The van der Waals surface area contributed by atoms with Crippen molar-refractivity contribution in [2.75, 3.05) is 6.61 Å². The normalized spacial score (nSPS) is 29.4. The van der Waals surface area contributed by atoms with Crippen molar-refractivity contribution in [1.82, 2.24) is 0 Å². The Balaban J connectivity index is 1.19. The second-order valence-electron chi connectivity index (χ2n) is 10.9. The van der Waals surface area contributed by atoms with Gasteiger partial charge in [0.1, 0.15) is 6.10 Å². The number of hydrogen-bond donors (Lipinski definition) is 1. The predicted molar refractivity (Wildman–Crippen MR) is 132 cm³/mol. The molecule has 3 fully saturated rings. The molecule has 2 aliphatic carbocycles. The molecule has 0 aromatic heterocycles. The molecule has 0 spiro atoms. The molecule has 1 saturated heterocycles. The van der Waals surface area contributed by atoms with Gasteiger partial charge in [-0.2, -0.15) is 0 Å². The Bertz CT molecular complexity index is 1110. The van der Waals surface area contributed by atoms with Crippen LogP contribution in [-0.4, -0.2) is 17.8 Å². The summed E-state index contributed by atoms with van der Waals surface area (Å²) in [6.07, 6.45) is 9.05. The molecular weight excluding hydrogens is 468 g/mol. The predicted octanol–water partition coefficient (Wildman–Crippen LogP) is 7.96. The van der Waals surface area contributed by atoms with Crippen LogP contribution in [0.3, 0.4) is 0 Å².